The lowest BCUT2D eigenvalue weighted by Crippen LogP contribution is -2.30. The van der Waals surface area contributed by atoms with E-state index in [0.29, 0.717) is 13.0 Å². The Labute approximate surface area is 124 Å². The minimum Gasteiger partial charge on any atom is -0.338 e. The molecule has 0 unspecified atom stereocenters. The first-order valence-electron chi connectivity index (χ1n) is 6.90. The summed E-state index contributed by atoms with van der Waals surface area (Å²) in [5, 5.41) is 5.56. The number of halogens is 1. The molecule has 2 N–H and O–H groups in total. The molecule has 2 aromatic rings. The molecule has 0 aromatic heterocycles. The fraction of sp³-hybridized carbons (Fsp3) is 0.235. The Bertz CT molecular complexity index is 620. The number of nitrogens with one attached hydrogen (secondary N) is 2. The summed E-state index contributed by atoms with van der Waals surface area (Å²) >= 11 is 0. The molecule has 0 fully saturated rings. The van der Waals surface area contributed by atoms with Crippen molar-refractivity contribution in [3.8, 4) is 0 Å². The molecular weight excluding hydrogens is 267 g/mol. The van der Waals surface area contributed by atoms with E-state index in [1.54, 1.807) is 6.07 Å². The van der Waals surface area contributed by atoms with Gasteiger partial charge in [0.15, 0.2) is 0 Å². The molecule has 0 atom stereocenters. The van der Waals surface area contributed by atoms with Gasteiger partial charge in [0.05, 0.1) is 0 Å². The molecule has 2 rings (SSSR count). The molecule has 21 heavy (non-hydrogen) atoms. The topological polar surface area (TPSA) is 41.1 Å². The van der Waals surface area contributed by atoms with Crippen molar-refractivity contribution in [2.24, 2.45) is 0 Å². The molecule has 2 aromatic carbocycles. The number of hydrogen-bond acceptors (Lipinski definition) is 1. The van der Waals surface area contributed by atoms with Crippen molar-refractivity contribution in [2.45, 2.75) is 20.3 Å². The summed E-state index contributed by atoms with van der Waals surface area (Å²) in [5.41, 5.74) is 3.84. The minimum absolute atomic E-state index is 0.253. The Balaban J connectivity index is 1.82. The van der Waals surface area contributed by atoms with E-state index in [1.807, 2.05) is 38.1 Å². The largest absolute Gasteiger partial charge is 0.338 e. The fourth-order valence-corrected chi connectivity index (χ4v) is 2.23. The fourth-order valence-electron chi connectivity index (χ4n) is 2.23. The van der Waals surface area contributed by atoms with Crippen LogP contribution >= 0.6 is 0 Å². The first kappa shape index (κ1) is 15.0. The summed E-state index contributed by atoms with van der Waals surface area (Å²) in [6.07, 6.45) is 0.595. The van der Waals surface area contributed by atoms with Gasteiger partial charge in [0.1, 0.15) is 5.82 Å². The smallest absolute Gasteiger partial charge is 0.319 e. The molecule has 0 heterocycles. The van der Waals surface area contributed by atoms with Crippen LogP contribution in [0.1, 0.15) is 16.7 Å². The summed E-state index contributed by atoms with van der Waals surface area (Å²) < 4.78 is 13.0. The van der Waals surface area contributed by atoms with Crippen LogP contribution in [0.4, 0.5) is 14.9 Å². The molecule has 3 nitrogen and oxygen atoms in total. The molecular formula is C17H19FN2O. The van der Waals surface area contributed by atoms with E-state index in [2.05, 4.69) is 10.6 Å². The van der Waals surface area contributed by atoms with Gasteiger partial charge >= 0.3 is 6.03 Å². The molecule has 0 aliphatic heterocycles. The van der Waals surface area contributed by atoms with Crippen LogP contribution in [-0.4, -0.2) is 12.6 Å². The van der Waals surface area contributed by atoms with Gasteiger partial charge < -0.3 is 10.6 Å². The highest BCUT2D eigenvalue weighted by Crippen LogP contribution is 2.13. The average Bonchev–Trinajstić information content (AvgIpc) is 2.37. The minimum atomic E-state index is -0.257. The number of carbonyl (C=O) groups excluding carboxylic acids is 1. The number of urea groups is 1. The zero-order chi connectivity index (χ0) is 15.2. The summed E-state index contributed by atoms with van der Waals surface area (Å²) in [5.74, 6) is -0.257. The van der Waals surface area contributed by atoms with Crippen LogP contribution in [0.5, 0.6) is 0 Å². The average molecular weight is 286 g/mol. The third-order valence-electron chi connectivity index (χ3n) is 3.07. The van der Waals surface area contributed by atoms with Gasteiger partial charge in [-0.25, -0.2) is 9.18 Å². The van der Waals surface area contributed by atoms with Crippen molar-refractivity contribution >= 4 is 11.7 Å². The maximum absolute atomic E-state index is 13.0. The maximum atomic E-state index is 13.0. The summed E-state index contributed by atoms with van der Waals surface area (Å²) in [7, 11) is 0. The second kappa shape index (κ2) is 6.88. The van der Waals surface area contributed by atoms with E-state index in [-0.39, 0.29) is 11.8 Å². The molecule has 0 aliphatic rings. The van der Waals surface area contributed by atoms with E-state index >= 15 is 0 Å². The standard InChI is InChI=1S/C17H19FN2O/c1-12-8-13(2)10-16(9-12)20-17(21)19-7-6-14-4-3-5-15(18)11-14/h3-5,8-11H,6-7H2,1-2H3,(H2,19,20,21). The van der Waals surface area contributed by atoms with Crippen molar-refractivity contribution in [1.29, 1.82) is 0 Å². The number of rotatable bonds is 4. The van der Waals surface area contributed by atoms with Gasteiger partial charge in [-0.15, -0.1) is 0 Å². The predicted octanol–water partition coefficient (Wildman–Crippen LogP) is 3.81. The first-order chi connectivity index (χ1) is 10.0. The quantitative estimate of drug-likeness (QED) is 0.881. The van der Waals surface area contributed by atoms with Gasteiger partial charge in [-0.3, -0.25) is 0 Å². The van der Waals surface area contributed by atoms with E-state index in [4.69, 9.17) is 0 Å². The van der Waals surface area contributed by atoms with Gasteiger partial charge in [0, 0.05) is 12.2 Å². The van der Waals surface area contributed by atoms with Crippen LogP contribution < -0.4 is 10.6 Å². The van der Waals surface area contributed by atoms with Gasteiger partial charge in [-0.05, 0) is 61.2 Å². The zero-order valence-electron chi connectivity index (χ0n) is 12.2. The Hall–Kier alpha value is -2.36. The number of aryl methyl sites for hydroxylation is 2. The van der Waals surface area contributed by atoms with Crippen LogP contribution in [0.15, 0.2) is 42.5 Å². The number of hydrogen-bond donors (Lipinski definition) is 2. The number of anilines is 1. The van der Waals surface area contributed by atoms with Crippen molar-refractivity contribution in [2.75, 3.05) is 11.9 Å². The SMILES string of the molecule is Cc1cc(C)cc(NC(=O)NCCc2cccc(F)c2)c1. The summed E-state index contributed by atoms with van der Waals surface area (Å²) in [6.45, 7) is 4.43. The Morgan fingerprint density at radius 1 is 1.10 bits per heavy atom. The van der Waals surface area contributed by atoms with Crippen LogP contribution in [0.2, 0.25) is 0 Å². The third-order valence-corrected chi connectivity index (χ3v) is 3.07. The van der Waals surface area contributed by atoms with Crippen molar-refractivity contribution in [1.82, 2.24) is 5.32 Å². The van der Waals surface area contributed by atoms with E-state index in [1.165, 1.54) is 12.1 Å². The molecule has 0 saturated carbocycles. The number of carbonyl (C=O) groups is 1. The summed E-state index contributed by atoms with van der Waals surface area (Å²) in [6, 6.07) is 12.0. The van der Waals surface area contributed by atoms with Gasteiger partial charge in [-0.1, -0.05) is 18.2 Å². The Morgan fingerprint density at radius 3 is 2.48 bits per heavy atom. The maximum Gasteiger partial charge on any atom is 0.319 e. The normalized spacial score (nSPS) is 10.2. The van der Waals surface area contributed by atoms with Crippen LogP contribution in [0.25, 0.3) is 0 Å². The molecule has 0 bridgehead atoms. The molecule has 2 amide bonds. The molecule has 0 radical (unpaired) electrons. The molecule has 4 heteroatoms. The van der Waals surface area contributed by atoms with Crippen LogP contribution in [0.3, 0.4) is 0 Å². The van der Waals surface area contributed by atoms with Crippen LogP contribution in [-0.2, 0) is 6.42 Å². The highest BCUT2D eigenvalue weighted by molar-refractivity contribution is 5.89. The first-order valence-corrected chi connectivity index (χ1v) is 6.90. The Morgan fingerprint density at radius 2 is 1.81 bits per heavy atom. The second-order valence-corrected chi connectivity index (χ2v) is 5.14. The molecule has 110 valence electrons. The van der Waals surface area contributed by atoms with Crippen molar-refractivity contribution < 1.29 is 9.18 Å². The van der Waals surface area contributed by atoms with Gasteiger partial charge in [0.25, 0.3) is 0 Å². The predicted molar refractivity (Wildman–Crippen MR) is 83.0 cm³/mol. The molecule has 0 spiro atoms. The van der Waals surface area contributed by atoms with E-state index in [9.17, 15) is 9.18 Å². The van der Waals surface area contributed by atoms with Crippen LogP contribution in [0, 0.1) is 19.7 Å². The second-order valence-electron chi connectivity index (χ2n) is 5.14. The van der Waals surface area contributed by atoms with Crippen molar-refractivity contribution in [3.63, 3.8) is 0 Å². The third kappa shape index (κ3) is 4.91. The zero-order valence-corrected chi connectivity index (χ0v) is 12.2. The van der Waals surface area contributed by atoms with Gasteiger partial charge in [-0.2, -0.15) is 0 Å². The Kier molecular flexibility index (Phi) is 4.93. The highest BCUT2D eigenvalue weighted by Gasteiger charge is 2.03. The van der Waals surface area contributed by atoms with E-state index in [0.717, 1.165) is 22.4 Å². The lowest BCUT2D eigenvalue weighted by Gasteiger charge is -2.09. The number of benzene rings is 2. The molecule has 0 aliphatic carbocycles. The van der Waals surface area contributed by atoms with E-state index < -0.39 is 0 Å². The highest BCUT2D eigenvalue weighted by atomic mass is 19.1. The monoisotopic (exact) mass is 286 g/mol. The van der Waals surface area contributed by atoms with Crippen molar-refractivity contribution in [3.05, 3.63) is 65.0 Å². The lowest BCUT2D eigenvalue weighted by atomic mass is 10.1. The van der Waals surface area contributed by atoms with Gasteiger partial charge in [0.2, 0.25) is 0 Å². The lowest BCUT2D eigenvalue weighted by molar-refractivity contribution is 0.252. The summed E-state index contributed by atoms with van der Waals surface area (Å²) in [4.78, 5) is 11.8. The number of amides is 2. The molecule has 0 saturated heterocycles.